The fourth-order valence-corrected chi connectivity index (χ4v) is 8.04. The Morgan fingerprint density at radius 3 is 2.30 bits per heavy atom. The van der Waals surface area contributed by atoms with E-state index in [0.29, 0.717) is 11.1 Å². The van der Waals surface area contributed by atoms with Crippen molar-refractivity contribution >= 4 is 23.9 Å². The van der Waals surface area contributed by atoms with Gasteiger partial charge >= 0.3 is 23.9 Å². The van der Waals surface area contributed by atoms with Gasteiger partial charge in [0.15, 0.2) is 17.7 Å². The van der Waals surface area contributed by atoms with E-state index < -0.39 is 113 Å². The number of fused-ring (bicyclic) bond motifs is 8. The zero-order valence-electron chi connectivity index (χ0n) is 33.9. The van der Waals surface area contributed by atoms with E-state index in [0.717, 1.165) is 0 Å². The Morgan fingerprint density at radius 2 is 1.66 bits per heavy atom. The van der Waals surface area contributed by atoms with Crippen LogP contribution in [0.15, 0.2) is 35.5 Å². The van der Waals surface area contributed by atoms with Gasteiger partial charge < -0.3 is 53.6 Å². The summed E-state index contributed by atoms with van der Waals surface area (Å²) in [5, 5.41) is 46.7. The van der Waals surface area contributed by atoms with Crippen molar-refractivity contribution in [1.29, 1.82) is 0 Å². The van der Waals surface area contributed by atoms with E-state index in [-0.39, 0.29) is 44.9 Å². The maximum atomic E-state index is 13.3. The maximum Gasteiger partial charge on any atom is 0.331 e. The van der Waals surface area contributed by atoms with E-state index in [1.807, 2.05) is 0 Å². The highest BCUT2D eigenvalue weighted by molar-refractivity contribution is 5.86. The van der Waals surface area contributed by atoms with Crippen LogP contribution < -0.4 is 0 Å². The molecule has 0 aliphatic carbocycles. The number of cyclic esters (lactones) is 1. The van der Waals surface area contributed by atoms with Gasteiger partial charge in [0.2, 0.25) is 0 Å². The van der Waals surface area contributed by atoms with Crippen LogP contribution in [-0.2, 0) is 52.3 Å². The summed E-state index contributed by atoms with van der Waals surface area (Å²) in [5.74, 6) is -6.45. The van der Waals surface area contributed by atoms with Gasteiger partial charge in [-0.1, -0.05) is 45.4 Å². The third-order valence-electron chi connectivity index (χ3n) is 11.9. The first-order valence-corrected chi connectivity index (χ1v) is 19.4. The molecule has 5 rings (SSSR count). The molecular formula is C41H60O15. The second kappa shape index (κ2) is 16.2. The first-order chi connectivity index (χ1) is 25.8. The zero-order valence-corrected chi connectivity index (χ0v) is 33.9. The first-order valence-electron chi connectivity index (χ1n) is 19.4. The summed E-state index contributed by atoms with van der Waals surface area (Å²) in [6, 6.07) is 0. The van der Waals surface area contributed by atoms with Crippen LogP contribution in [0.1, 0.15) is 107 Å². The summed E-state index contributed by atoms with van der Waals surface area (Å²) >= 11 is 0. The molecule has 5 aliphatic rings. The minimum absolute atomic E-state index is 0.0915. The predicted molar refractivity (Wildman–Crippen MR) is 197 cm³/mol. The lowest BCUT2D eigenvalue weighted by Crippen LogP contribution is -2.62. The standard InChI is InChI=1S/C41H60O15/c1-22(42)29-19-30-35-24(15-33(45)54-35)20-40(48,56-30)38(5,6)11-10-26-12-23(14-32(44)50-9)13-28(51-26)21-41(49)39(7,8)31(53-36(47)37(2,3)4)18-27(55-41)16-25(43)17-34(46)52-29/h10-11,14-15,22,25-31,35,42-43,48-49H,12-13,16-21H2,1-9H3. The van der Waals surface area contributed by atoms with Gasteiger partial charge in [-0.2, -0.15) is 0 Å². The molecule has 0 radical (unpaired) electrons. The molecule has 0 saturated carbocycles. The van der Waals surface area contributed by atoms with Crippen molar-refractivity contribution in [2.24, 2.45) is 16.2 Å². The fraction of sp³-hybridized carbons (Fsp3) is 0.756. The quantitative estimate of drug-likeness (QED) is 0.140. The molecular weight excluding hydrogens is 732 g/mol. The van der Waals surface area contributed by atoms with E-state index in [2.05, 4.69) is 0 Å². The van der Waals surface area contributed by atoms with Crippen LogP contribution in [0.4, 0.5) is 0 Å². The van der Waals surface area contributed by atoms with Crippen LogP contribution in [0, 0.1) is 16.2 Å². The third kappa shape index (κ3) is 9.57. The zero-order chi connectivity index (χ0) is 41.6. The van der Waals surface area contributed by atoms with Crippen molar-refractivity contribution in [1.82, 2.24) is 0 Å². The minimum atomic E-state index is -2.01. The molecule has 314 valence electrons. The predicted octanol–water partition coefficient (Wildman–Crippen LogP) is 3.23. The molecule has 0 aromatic heterocycles. The highest BCUT2D eigenvalue weighted by atomic mass is 16.7. The van der Waals surface area contributed by atoms with Crippen LogP contribution >= 0.6 is 0 Å². The lowest BCUT2D eigenvalue weighted by Gasteiger charge is -2.54. The van der Waals surface area contributed by atoms with Gasteiger partial charge in [0.05, 0.1) is 54.9 Å². The maximum absolute atomic E-state index is 13.3. The smallest absolute Gasteiger partial charge is 0.331 e. The normalized spacial score (nSPS) is 38.9. The van der Waals surface area contributed by atoms with Gasteiger partial charge in [0, 0.05) is 49.7 Å². The number of carbonyl (C=O) groups is 4. The Labute approximate surface area is 328 Å². The first kappa shape index (κ1) is 43.9. The number of esters is 4. The monoisotopic (exact) mass is 792 g/mol. The molecule has 11 unspecified atom stereocenters. The van der Waals surface area contributed by atoms with Gasteiger partial charge in [-0.15, -0.1) is 0 Å². The van der Waals surface area contributed by atoms with E-state index in [1.165, 1.54) is 26.2 Å². The van der Waals surface area contributed by atoms with E-state index in [1.54, 1.807) is 60.6 Å². The largest absolute Gasteiger partial charge is 0.466 e. The van der Waals surface area contributed by atoms with Gasteiger partial charge in [-0.3, -0.25) is 9.59 Å². The number of ether oxygens (including phenoxy) is 7. The summed E-state index contributed by atoms with van der Waals surface area (Å²) in [4.78, 5) is 51.5. The number of carbonyl (C=O) groups excluding carboxylic acids is 4. The van der Waals surface area contributed by atoms with Crippen LogP contribution in [0.25, 0.3) is 0 Å². The molecule has 15 heteroatoms. The Balaban J connectivity index is 1.57. The van der Waals surface area contributed by atoms with Crippen molar-refractivity contribution in [3.8, 4) is 0 Å². The minimum Gasteiger partial charge on any atom is -0.466 e. The number of methoxy groups -OCH3 is 1. The lowest BCUT2D eigenvalue weighted by molar-refractivity contribution is -0.349. The van der Waals surface area contributed by atoms with Crippen LogP contribution in [0.3, 0.4) is 0 Å². The topological polar surface area (TPSA) is 214 Å². The van der Waals surface area contributed by atoms with Crippen LogP contribution in [0.2, 0.25) is 0 Å². The summed E-state index contributed by atoms with van der Waals surface area (Å²) < 4.78 is 41.5. The molecule has 5 aliphatic heterocycles. The van der Waals surface area contributed by atoms with Crippen molar-refractivity contribution in [2.45, 2.75) is 173 Å². The van der Waals surface area contributed by atoms with E-state index in [4.69, 9.17) is 33.2 Å². The van der Waals surface area contributed by atoms with Crippen LogP contribution in [0.5, 0.6) is 0 Å². The van der Waals surface area contributed by atoms with Crippen molar-refractivity contribution in [2.75, 3.05) is 7.11 Å². The van der Waals surface area contributed by atoms with Gasteiger partial charge in [-0.25, -0.2) is 9.59 Å². The highest BCUT2D eigenvalue weighted by Crippen LogP contribution is 2.50. The molecule has 56 heavy (non-hydrogen) atoms. The number of aliphatic hydroxyl groups is 4. The number of rotatable bonds is 3. The Kier molecular flexibility index (Phi) is 12.7. The SMILES string of the molecule is COC(=O)C=C1CC2C=CC(C)(C)C3(O)CC4=CC(=O)OC4C(CC(C(C)O)OC(=O)CC(O)CC4CC(OC(=O)C(C)(C)C)C(C)(C)C(O)(CC(C1)O2)O4)O3. The molecule has 0 aromatic rings. The second-order valence-corrected chi connectivity index (χ2v) is 18.2. The van der Waals surface area contributed by atoms with Crippen LogP contribution in [-0.4, -0.2) is 118 Å². The van der Waals surface area contributed by atoms with Crippen molar-refractivity contribution < 1.29 is 72.8 Å². The van der Waals surface area contributed by atoms with E-state index >= 15 is 0 Å². The molecule has 3 fully saturated rings. The second-order valence-electron chi connectivity index (χ2n) is 18.2. The third-order valence-corrected chi connectivity index (χ3v) is 11.9. The van der Waals surface area contributed by atoms with Crippen molar-refractivity contribution in [3.63, 3.8) is 0 Å². The molecule has 5 heterocycles. The van der Waals surface area contributed by atoms with Gasteiger partial charge in [0.1, 0.15) is 18.3 Å². The molecule has 6 bridgehead atoms. The van der Waals surface area contributed by atoms with Gasteiger partial charge in [-0.05, 0) is 46.1 Å². The molecule has 15 nitrogen and oxygen atoms in total. The molecule has 0 amide bonds. The summed E-state index contributed by atoms with van der Waals surface area (Å²) in [5.41, 5.74) is -2.08. The fourth-order valence-electron chi connectivity index (χ4n) is 8.04. The summed E-state index contributed by atoms with van der Waals surface area (Å²) in [7, 11) is 1.27. The molecule has 3 saturated heterocycles. The lowest BCUT2D eigenvalue weighted by atomic mass is 9.70. The highest BCUT2D eigenvalue weighted by Gasteiger charge is 2.59. The molecule has 0 spiro atoms. The molecule has 11 atom stereocenters. The summed E-state index contributed by atoms with van der Waals surface area (Å²) in [6.07, 6.45) is -3.16. The number of hydrogen-bond acceptors (Lipinski definition) is 15. The Bertz CT molecular complexity index is 1600. The number of hydrogen-bond donors (Lipinski definition) is 4. The average molecular weight is 793 g/mol. The molecule has 0 aromatic carbocycles. The molecule has 4 N–H and O–H groups in total. The van der Waals surface area contributed by atoms with Gasteiger partial charge in [0.25, 0.3) is 0 Å². The number of aliphatic hydroxyl groups excluding tert-OH is 2. The average Bonchev–Trinajstić information content (AvgIpc) is 3.44. The summed E-state index contributed by atoms with van der Waals surface area (Å²) in [6.45, 7) is 13.5. The Hall–Kier alpha value is -3.18. The van der Waals surface area contributed by atoms with E-state index in [9.17, 15) is 39.6 Å². The van der Waals surface area contributed by atoms with Crippen molar-refractivity contribution in [3.05, 3.63) is 35.5 Å². The Morgan fingerprint density at radius 1 is 0.964 bits per heavy atom.